The van der Waals surface area contributed by atoms with Crippen LogP contribution < -0.4 is 5.43 Å². The minimum atomic E-state index is -0.267. The van der Waals surface area contributed by atoms with Crippen LogP contribution in [-0.2, 0) is 11.2 Å². The van der Waals surface area contributed by atoms with Crippen molar-refractivity contribution in [3.05, 3.63) is 71.1 Å². The number of carbonyl (C=O) groups excluding carboxylic acids is 2. The lowest BCUT2D eigenvalue weighted by molar-refractivity contribution is -0.116. The summed E-state index contributed by atoms with van der Waals surface area (Å²) in [5, 5.41) is 4.19. The van der Waals surface area contributed by atoms with Gasteiger partial charge in [0.2, 0.25) is 5.91 Å². The number of imidazole rings is 1. The largest absolute Gasteiger partial charge is 0.359 e. The summed E-state index contributed by atoms with van der Waals surface area (Å²) >= 11 is 0. The number of hydrogen-bond acceptors (Lipinski definition) is 6. The zero-order chi connectivity index (χ0) is 22.8. The lowest BCUT2D eigenvalue weighted by Gasteiger charge is -2.14. The minimum Gasteiger partial charge on any atom is -0.359 e. The fraction of sp³-hybridized carbons (Fsp3) is 0.333. The van der Waals surface area contributed by atoms with Crippen molar-refractivity contribution in [3.8, 4) is 0 Å². The van der Waals surface area contributed by atoms with Crippen molar-refractivity contribution in [2.75, 3.05) is 0 Å². The minimum absolute atomic E-state index is 0.0117. The van der Waals surface area contributed by atoms with E-state index in [1.54, 1.807) is 31.0 Å². The van der Waals surface area contributed by atoms with E-state index in [9.17, 15) is 9.59 Å². The van der Waals surface area contributed by atoms with Crippen LogP contribution in [0.4, 0.5) is 0 Å². The third-order valence-corrected chi connectivity index (χ3v) is 6.40. The van der Waals surface area contributed by atoms with Gasteiger partial charge >= 0.3 is 0 Å². The first kappa shape index (κ1) is 21.0. The number of aromatic nitrogens is 5. The molecule has 1 aliphatic heterocycles. The average Bonchev–Trinajstić information content (AvgIpc) is 3.62. The van der Waals surface area contributed by atoms with E-state index >= 15 is 0 Å². The Morgan fingerprint density at radius 3 is 2.79 bits per heavy atom. The lowest BCUT2D eigenvalue weighted by atomic mass is 9.90. The summed E-state index contributed by atoms with van der Waals surface area (Å²) in [6.45, 7) is 2.03. The van der Waals surface area contributed by atoms with Crippen LogP contribution in [0.25, 0.3) is 6.08 Å². The molecule has 0 atom stereocenters. The standard InChI is InChI=1S/C24H25N7O2/c1-15-17(6-7-21(32)31-11-10-26-14-31)22(16-4-2-3-5-16)19(28-15)12-18-23(29-30-24(18)33)20-13-25-8-9-27-20/h8-14,16,28H,2-7H2,1H3,(H,30,33). The summed E-state index contributed by atoms with van der Waals surface area (Å²) < 4.78 is 1.52. The molecule has 4 heterocycles. The highest BCUT2D eigenvalue weighted by Gasteiger charge is 2.29. The lowest BCUT2D eigenvalue weighted by Crippen LogP contribution is -2.14. The van der Waals surface area contributed by atoms with E-state index in [-0.39, 0.29) is 11.8 Å². The second-order valence-electron chi connectivity index (χ2n) is 8.45. The van der Waals surface area contributed by atoms with E-state index in [0.29, 0.717) is 35.7 Å². The first-order chi connectivity index (χ1) is 16.1. The monoisotopic (exact) mass is 443 g/mol. The molecule has 3 aromatic rings. The number of amides is 1. The number of rotatable bonds is 6. The molecule has 168 valence electrons. The van der Waals surface area contributed by atoms with Gasteiger partial charge in [-0.3, -0.25) is 24.1 Å². The molecule has 9 nitrogen and oxygen atoms in total. The molecule has 3 aromatic heterocycles. The van der Waals surface area contributed by atoms with Crippen molar-refractivity contribution in [3.63, 3.8) is 0 Å². The van der Waals surface area contributed by atoms with Gasteiger partial charge in [0.05, 0.1) is 11.8 Å². The molecule has 33 heavy (non-hydrogen) atoms. The number of aryl methyl sites for hydroxylation is 1. The summed E-state index contributed by atoms with van der Waals surface area (Å²) in [6.07, 6.45) is 17.0. The van der Waals surface area contributed by atoms with E-state index in [1.807, 2.05) is 13.0 Å². The topological polar surface area (TPSA) is 118 Å². The molecule has 0 aromatic carbocycles. The highest BCUT2D eigenvalue weighted by molar-refractivity contribution is 6.32. The summed E-state index contributed by atoms with van der Waals surface area (Å²) in [5.74, 6) is 0.149. The second kappa shape index (κ2) is 8.93. The number of hydrogen-bond donors (Lipinski definition) is 2. The van der Waals surface area contributed by atoms with Gasteiger partial charge in [-0.2, -0.15) is 5.10 Å². The van der Waals surface area contributed by atoms with Crippen LogP contribution >= 0.6 is 0 Å². The Labute approximate surface area is 191 Å². The zero-order valence-corrected chi connectivity index (χ0v) is 18.4. The van der Waals surface area contributed by atoms with Crippen LogP contribution in [0, 0.1) is 6.92 Å². The van der Waals surface area contributed by atoms with Crippen LogP contribution in [0.1, 0.15) is 71.0 Å². The molecule has 5 rings (SSSR count). The second-order valence-corrected chi connectivity index (χ2v) is 8.45. The maximum absolute atomic E-state index is 12.6. The van der Waals surface area contributed by atoms with Gasteiger partial charge in [-0.15, -0.1) is 0 Å². The molecule has 1 saturated carbocycles. The molecule has 9 heteroatoms. The fourth-order valence-corrected chi connectivity index (χ4v) is 4.82. The highest BCUT2D eigenvalue weighted by Crippen LogP contribution is 2.40. The van der Waals surface area contributed by atoms with E-state index in [2.05, 4.69) is 30.5 Å². The Kier molecular flexibility index (Phi) is 5.68. The molecule has 1 aliphatic carbocycles. The average molecular weight is 444 g/mol. The number of nitrogens with zero attached hydrogens (tertiary/aromatic N) is 5. The molecular formula is C24H25N7O2. The van der Waals surface area contributed by atoms with Crippen molar-refractivity contribution in [1.29, 1.82) is 0 Å². The molecule has 1 amide bonds. The first-order valence-corrected chi connectivity index (χ1v) is 11.2. The summed E-state index contributed by atoms with van der Waals surface area (Å²) in [5.41, 5.74) is 8.35. The van der Waals surface area contributed by atoms with Crippen LogP contribution in [0.2, 0.25) is 0 Å². The molecule has 2 aliphatic rings. The number of hydrazone groups is 1. The van der Waals surface area contributed by atoms with Crippen LogP contribution in [0.15, 0.2) is 48.0 Å². The quantitative estimate of drug-likeness (QED) is 0.568. The predicted octanol–water partition coefficient (Wildman–Crippen LogP) is 3.16. The van der Waals surface area contributed by atoms with Crippen molar-refractivity contribution >= 4 is 23.6 Å². The first-order valence-electron chi connectivity index (χ1n) is 11.2. The normalized spacial score (nSPS) is 17.5. The molecule has 1 fully saturated rings. The van der Waals surface area contributed by atoms with E-state index in [4.69, 9.17) is 0 Å². The van der Waals surface area contributed by atoms with Gasteiger partial charge in [-0.1, -0.05) is 12.8 Å². The van der Waals surface area contributed by atoms with Gasteiger partial charge in [-0.25, -0.2) is 10.4 Å². The van der Waals surface area contributed by atoms with Gasteiger partial charge in [0.1, 0.15) is 17.7 Å². The predicted molar refractivity (Wildman–Crippen MR) is 123 cm³/mol. The molecule has 0 saturated heterocycles. The van der Waals surface area contributed by atoms with Gasteiger partial charge in [0.15, 0.2) is 0 Å². The van der Waals surface area contributed by atoms with Crippen molar-refractivity contribution in [2.45, 2.75) is 51.4 Å². The van der Waals surface area contributed by atoms with Gasteiger partial charge in [0.25, 0.3) is 5.91 Å². The van der Waals surface area contributed by atoms with E-state index in [1.165, 1.54) is 34.9 Å². The third kappa shape index (κ3) is 4.13. The Bertz CT molecular complexity index is 1230. The Balaban J connectivity index is 1.51. The SMILES string of the molecule is Cc1[nH]c(C=C2C(=O)NN=C2c2cnccn2)c(C2CCCC2)c1CCC(=O)n1ccnc1. The Morgan fingerprint density at radius 2 is 2.06 bits per heavy atom. The Morgan fingerprint density at radius 1 is 1.21 bits per heavy atom. The van der Waals surface area contributed by atoms with Crippen molar-refractivity contribution < 1.29 is 9.59 Å². The smallest absolute Gasteiger partial charge is 0.273 e. The summed E-state index contributed by atoms with van der Waals surface area (Å²) in [4.78, 5) is 41.1. The number of carbonyl (C=O) groups is 2. The van der Waals surface area contributed by atoms with Crippen molar-refractivity contribution in [2.24, 2.45) is 5.10 Å². The molecule has 0 spiro atoms. The van der Waals surface area contributed by atoms with Gasteiger partial charge < -0.3 is 4.98 Å². The molecule has 2 N–H and O–H groups in total. The summed E-state index contributed by atoms with van der Waals surface area (Å²) in [7, 11) is 0. The Hall–Kier alpha value is -3.88. The molecular weight excluding hydrogens is 418 g/mol. The maximum Gasteiger partial charge on any atom is 0.273 e. The number of aromatic amines is 1. The number of nitrogens with one attached hydrogen (secondary N) is 2. The van der Waals surface area contributed by atoms with Crippen LogP contribution in [0.3, 0.4) is 0 Å². The van der Waals surface area contributed by atoms with Gasteiger partial charge in [-0.05, 0) is 49.3 Å². The maximum atomic E-state index is 12.6. The van der Waals surface area contributed by atoms with Crippen LogP contribution in [-0.4, -0.2) is 42.0 Å². The number of H-pyrrole nitrogens is 1. The molecule has 0 unspecified atom stereocenters. The summed E-state index contributed by atoms with van der Waals surface area (Å²) in [6, 6.07) is 0. The van der Waals surface area contributed by atoms with Gasteiger partial charge in [0, 0.05) is 42.6 Å². The highest BCUT2D eigenvalue weighted by atomic mass is 16.2. The molecule has 0 radical (unpaired) electrons. The molecule has 0 bridgehead atoms. The third-order valence-electron chi connectivity index (χ3n) is 6.40. The van der Waals surface area contributed by atoms with Crippen molar-refractivity contribution in [1.82, 2.24) is 29.9 Å². The van der Waals surface area contributed by atoms with Crippen LogP contribution in [0.5, 0.6) is 0 Å². The zero-order valence-electron chi connectivity index (χ0n) is 18.4. The van der Waals surface area contributed by atoms with E-state index in [0.717, 1.165) is 24.2 Å². The fourth-order valence-electron chi connectivity index (χ4n) is 4.82. The van der Waals surface area contributed by atoms with E-state index < -0.39 is 0 Å².